The maximum absolute atomic E-state index is 13.0. The number of furan rings is 1. The van der Waals surface area contributed by atoms with Crippen molar-refractivity contribution in [1.29, 1.82) is 0 Å². The van der Waals surface area contributed by atoms with Crippen molar-refractivity contribution in [2.75, 3.05) is 0 Å². The molecular weight excluding hydrogens is 400 g/mol. The molecule has 4 heterocycles. The Labute approximate surface area is 177 Å². The Bertz CT molecular complexity index is 1310. The van der Waals surface area contributed by atoms with E-state index in [2.05, 4.69) is 27.0 Å². The van der Waals surface area contributed by atoms with Crippen LogP contribution in [0, 0.1) is 13.8 Å². The number of fused-ring (bicyclic) bond motifs is 1. The van der Waals surface area contributed by atoms with E-state index >= 15 is 0 Å². The fourth-order valence-electron chi connectivity index (χ4n) is 3.59. The Hall–Kier alpha value is -3.43. The van der Waals surface area contributed by atoms with Gasteiger partial charge in [-0.15, -0.1) is 0 Å². The molecule has 0 aliphatic carbocycles. The zero-order chi connectivity index (χ0) is 22.0. The number of H-pyrrole nitrogens is 1. The van der Waals surface area contributed by atoms with Crippen LogP contribution in [0.25, 0.3) is 22.8 Å². The monoisotopic (exact) mass is 426 g/mol. The summed E-state index contributed by atoms with van der Waals surface area (Å²) in [6.07, 6.45) is 5.28. The quantitative estimate of drug-likeness (QED) is 0.408. The van der Waals surface area contributed by atoms with Crippen LogP contribution in [0.1, 0.15) is 49.8 Å². The summed E-state index contributed by atoms with van der Waals surface area (Å²) in [6, 6.07) is 1.84. The van der Waals surface area contributed by atoms with Crippen molar-refractivity contribution in [3.8, 4) is 11.7 Å². The lowest BCUT2D eigenvalue weighted by atomic mass is 10.2. The summed E-state index contributed by atoms with van der Waals surface area (Å²) in [5.41, 5.74) is 1.10. The van der Waals surface area contributed by atoms with Crippen LogP contribution in [0.2, 0.25) is 0 Å². The third-order valence-corrected chi connectivity index (χ3v) is 5.27. The summed E-state index contributed by atoms with van der Waals surface area (Å²) < 4.78 is 13.5. The molecule has 0 aromatic carbocycles. The van der Waals surface area contributed by atoms with Crippen molar-refractivity contribution in [3.05, 3.63) is 50.4 Å². The van der Waals surface area contributed by atoms with Crippen LogP contribution in [0.4, 0.5) is 0 Å². The molecule has 1 N–H and O–H groups in total. The van der Waals surface area contributed by atoms with Crippen LogP contribution in [-0.2, 0) is 19.5 Å². The smallest absolute Gasteiger partial charge is 0.332 e. The number of unbranched alkanes of at least 4 members (excludes halogenated alkanes) is 2. The Balaban J connectivity index is 1.47. The van der Waals surface area contributed by atoms with Gasteiger partial charge in [0.15, 0.2) is 17.2 Å². The van der Waals surface area contributed by atoms with Crippen LogP contribution in [0.5, 0.6) is 0 Å². The second-order valence-electron chi connectivity index (χ2n) is 7.67. The largest absolute Gasteiger partial charge is 0.459 e. The predicted octanol–water partition coefficient (Wildman–Crippen LogP) is 2.97. The normalized spacial score (nSPS) is 11.6. The molecule has 4 aromatic heterocycles. The number of aromatic nitrogens is 6. The van der Waals surface area contributed by atoms with Gasteiger partial charge in [0.1, 0.15) is 11.3 Å². The highest BCUT2D eigenvalue weighted by atomic mass is 16.5. The molecule has 0 radical (unpaired) electrons. The van der Waals surface area contributed by atoms with E-state index in [0.717, 1.165) is 18.4 Å². The summed E-state index contributed by atoms with van der Waals surface area (Å²) in [6.45, 7) is 6.60. The van der Waals surface area contributed by atoms with E-state index in [0.29, 0.717) is 66.8 Å². The van der Waals surface area contributed by atoms with Gasteiger partial charge in [0, 0.05) is 25.1 Å². The van der Waals surface area contributed by atoms with Crippen LogP contribution in [0.15, 0.2) is 30.9 Å². The van der Waals surface area contributed by atoms with Gasteiger partial charge in [-0.2, -0.15) is 4.98 Å². The zero-order valence-electron chi connectivity index (χ0n) is 18.0. The average Bonchev–Trinajstić information content (AvgIpc) is 3.47. The number of aryl methyl sites for hydroxylation is 4. The zero-order valence-corrected chi connectivity index (χ0v) is 18.0. The van der Waals surface area contributed by atoms with Gasteiger partial charge in [0.25, 0.3) is 11.4 Å². The molecule has 0 atom stereocenters. The molecule has 0 amide bonds. The summed E-state index contributed by atoms with van der Waals surface area (Å²) >= 11 is 0. The molecule has 0 saturated heterocycles. The highest BCUT2D eigenvalue weighted by Crippen LogP contribution is 2.22. The molecule has 0 saturated carbocycles. The lowest BCUT2D eigenvalue weighted by Gasteiger charge is -2.10. The number of hydrogen-bond donors (Lipinski definition) is 1. The SMILES string of the molecule is CCCCn1c(=O)n(CCCCc2noc(-c3occc3C)n2)c(=O)c2[nH]c(C)nc21. The maximum Gasteiger partial charge on any atom is 0.332 e. The van der Waals surface area contributed by atoms with Crippen LogP contribution in [-0.4, -0.2) is 29.2 Å². The van der Waals surface area contributed by atoms with E-state index in [9.17, 15) is 9.59 Å². The second kappa shape index (κ2) is 8.75. The van der Waals surface area contributed by atoms with Crippen LogP contribution >= 0.6 is 0 Å². The number of hydrogen-bond acceptors (Lipinski definition) is 7. The van der Waals surface area contributed by atoms with Crippen molar-refractivity contribution in [1.82, 2.24) is 29.2 Å². The first-order chi connectivity index (χ1) is 15.0. The summed E-state index contributed by atoms with van der Waals surface area (Å²) in [5, 5.41) is 3.99. The molecular formula is C21H26N6O4. The maximum atomic E-state index is 13.0. The van der Waals surface area contributed by atoms with Crippen molar-refractivity contribution in [2.24, 2.45) is 0 Å². The average molecular weight is 426 g/mol. The summed E-state index contributed by atoms with van der Waals surface area (Å²) in [4.78, 5) is 37.5. The predicted molar refractivity (Wildman–Crippen MR) is 114 cm³/mol. The first-order valence-corrected chi connectivity index (χ1v) is 10.6. The molecule has 0 bridgehead atoms. The lowest BCUT2D eigenvalue weighted by molar-refractivity contribution is 0.407. The fourth-order valence-corrected chi connectivity index (χ4v) is 3.59. The molecule has 10 nitrogen and oxygen atoms in total. The third kappa shape index (κ3) is 4.10. The molecule has 4 aromatic rings. The number of nitrogens with one attached hydrogen (secondary N) is 1. The van der Waals surface area contributed by atoms with E-state index in [1.54, 1.807) is 17.8 Å². The number of nitrogens with zero attached hydrogens (tertiary/aromatic N) is 5. The molecule has 0 unspecified atom stereocenters. The minimum atomic E-state index is -0.330. The van der Waals surface area contributed by atoms with Crippen molar-refractivity contribution >= 4 is 11.2 Å². The fraction of sp³-hybridized carbons (Fsp3) is 0.476. The van der Waals surface area contributed by atoms with E-state index in [-0.39, 0.29) is 11.2 Å². The number of aromatic amines is 1. The van der Waals surface area contributed by atoms with Gasteiger partial charge >= 0.3 is 5.69 Å². The number of rotatable bonds is 9. The van der Waals surface area contributed by atoms with Gasteiger partial charge in [-0.1, -0.05) is 18.5 Å². The molecule has 0 spiro atoms. The van der Waals surface area contributed by atoms with Crippen LogP contribution < -0.4 is 11.2 Å². The minimum Gasteiger partial charge on any atom is -0.459 e. The Morgan fingerprint density at radius 1 is 1.06 bits per heavy atom. The van der Waals surface area contributed by atoms with Gasteiger partial charge in [0.05, 0.1) is 6.26 Å². The molecule has 0 aliphatic rings. The lowest BCUT2D eigenvalue weighted by Crippen LogP contribution is -2.40. The highest BCUT2D eigenvalue weighted by molar-refractivity contribution is 5.69. The van der Waals surface area contributed by atoms with E-state index in [1.807, 2.05) is 13.0 Å². The Morgan fingerprint density at radius 3 is 2.61 bits per heavy atom. The molecule has 4 rings (SSSR count). The van der Waals surface area contributed by atoms with E-state index in [1.165, 1.54) is 4.57 Å². The molecule has 10 heteroatoms. The minimum absolute atomic E-state index is 0.312. The van der Waals surface area contributed by atoms with Crippen molar-refractivity contribution in [3.63, 3.8) is 0 Å². The first-order valence-electron chi connectivity index (χ1n) is 10.6. The van der Waals surface area contributed by atoms with Gasteiger partial charge < -0.3 is 13.9 Å². The van der Waals surface area contributed by atoms with Crippen molar-refractivity contribution in [2.45, 2.75) is 66.0 Å². The Morgan fingerprint density at radius 2 is 1.87 bits per heavy atom. The third-order valence-electron chi connectivity index (χ3n) is 5.27. The standard InChI is InChI=1S/C21H26N6O4/c1-4-5-10-26-18-16(22-14(3)23-18)20(28)27(21(26)29)11-7-6-8-15-24-19(31-25-15)17-13(2)9-12-30-17/h9,12H,4-8,10-11H2,1-3H3,(H,22,23). The summed E-state index contributed by atoms with van der Waals surface area (Å²) in [5.74, 6) is 2.11. The summed E-state index contributed by atoms with van der Waals surface area (Å²) in [7, 11) is 0. The van der Waals surface area contributed by atoms with E-state index in [4.69, 9.17) is 8.94 Å². The second-order valence-corrected chi connectivity index (χ2v) is 7.67. The topological polar surface area (TPSA) is 125 Å². The molecule has 0 aliphatic heterocycles. The van der Waals surface area contributed by atoms with Gasteiger partial charge in [-0.25, -0.2) is 9.78 Å². The number of imidazole rings is 1. The molecule has 31 heavy (non-hydrogen) atoms. The van der Waals surface area contributed by atoms with E-state index < -0.39 is 0 Å². The highest BCUT2D eigenvalue weighted by Gasteiger charge is 2.17. The molecule has 0 fully saturated rings. The van der Waals surface area contributed by atoms with Crippen molar-refractivity contribution < 1.29 is 8.94 Å². The molecule has 164 valence electrons. The van der Waals surface area contributed by atoms with Crippen LogP contribution in [0.3, 0.4) is 0 Å². The first kappa shape index (κ1) is 20.8. The Kier molecular flexibility index (Phi) is 5.88. The van der Waals surface area contributed by atoms with Gasteiger partial charge in [-0.05, 0) is 39.2 Å². The van der Waals surface area contributed by atoms with Gasteiger partial charge in [0.2, 0.25) is 0 Å². The van der Waals surface area contributed by atoms with Gasteiger partial charge in [-0.3, -0.25) is 13.9 Å².